The smallest absolute Gasteiger partial charge is 0.0607 e. The lowest BCUT2D eigenvalue weighted by molar-refractivity contribution is 0.589. The zero-order chi connectivity index (χ0) is 11.8. The van der Waals surface area contributed by atoms with Crippen molar-refractivity contribution in [3.05, 3.63) is 31.7 Å². The average Bonchev–Trinajstić information content (AvgIpc) is 2.13. The minimum absolute atomic E-state index is 0.0228. The highest BCUT2D eigenvalue weighted by Gasteiger charge is 2.22. The number of benzene rings is 1. The Labute approximate surface area is 114 Å². The molecule has 0 aliphatic carbocycles. The Bertz CT molecular complexity index is 380. The molecule has 0 atom stereocenters. The molecule has 0 N–H and O–H groups in total. The van der Waals surface area contributed by atoms with Crippen LogP contribution in [0.3, 0.4) is 0 Å². The van der Waals surface area contributed by atoms with Gasteiger partial charge in [0.25, 0.3) is 0 Å². The summed E-state index contributed by atoms with van der Waals surface area (Å²) in [7, 11) is 0. The molecule has 0 aliphatic heterocycles. The number of halogens is 4. The van der Waals surface area contributed by atoms with Crippen LogP contribution in [0, 0.1) is 0 Å². The Morgan fingerprint density at radius 2 is 1.73 bits per heavy atom. The second kappa shape index (κ2) is 4.83. The normalized spacial score (nSPS) is 11.9. The van der Waals surface area contributed by atoms with Crippen molar-refractivity contribution in [3.63, 3.8) is 0 Å². The quantitative estimate of drug-likeness (QED) is 0.451. The molecule has 0 unspecified atom stereocenters. The molecule has 4 heteroatoms. The summed E-state index contributed by atoms with van der Waals surface area (Å²) in [6.07, 6.45) is 0. The first-order chi connectivity index (χ1) is 6.79. The molecule has 0 heterocycles. The van der Waals surface area contributed by atoms with Gasteiger partial charge in [-0.05, 0) is 32.5 Å². The van der Waals surface area contributed by atoms with Gasteiger partial charge in [-0.1, -0.05) is 50.0 Å². The highest BCUT2D eigenvalue weighted by Crippen LogP contribution is 2.41. The van der Waals surface area contributed by atoms with Crippen LogP contribution in [-0.4, -0.2) is 0 Å². The Hall–Kier alpha value is 0.570. The maximum Gasteiger partial charge on any atom is 0.0607 e. The Balaban J connectivity index is 3.49. The molecule has 84 valence electrons. The van der Waals surface area contributed by atoms with Crippen LogP contribution in [0.4, 0.5) is 0 Å². The maximum atomic E-state index is 6.24. The topological polar surface area (TPSA) is 0 Å². The van der Waals surface area contributed by atoms with E-state index in [1.807, 2.05) is 6.07 Å². The molecule has 0 aromatic heterocycles. The third kappa shape index (κ3) is 2.82. The summed E-state index contributed by atoms with van der Waals surface area (Å²) in [6.45, 7) is 6.31. The molecular weight excluding hydrogens is 318 g/mol. The van der Waals surface area contributed by atoms with E-state index in [9.17, 15) is 0 Å². The summed E-state index contributed by atoms with van der Waals surface area (Å²) in [4.78, 5) is 0. The fourth-order valence-electron chi connectivity index (χ4n) is 1.30. The lowest BCUT2D eigenvalue weighted by atomic mass is 9.86. The van der Waals surface area contributed by atoms with E-state index in [1.54, 1.807) is 0 Å². The van der Waals surface area contributed by atoms with Gasteiger partial charge in [-0.2, -0.15) is 0 Å². The molecule has 0 saturated heterocycles. The predicted octanol–water partition coefficient (Wildman–Crippen LogP) is 5.79. The fourth-order valence-corrected chi connectivity index (χ4v) is 2.74. The third-order valence-corrected chi connectivity index (χ3v) is 4.54. The van der Waals surface area contributed by atoms with E-state index in [-0.39, 0.29) is 5.41 Å². The van der Waals surface area contributed by atoms with Crippen LogP contribution < -0.4 is 0 Å². The standard InChI is InChI=1S/C11H12BrCl3/c1-11(2,3)7-4-6(5-13)9(14)8(12)10(7)15/h4H,5H2,1-3H3. The highest BCUT2D eigenvalue weighted by molar-refractivity contribution is 9.10. The van der Waals surface area contributed by atoms with Gasteiger partial charge in [-0.3, -0.25) is 0 Å². The van der Waals surface area contributed by atoms with Crippen LogP contribution in [0.5, 0.6) is 0 Å². The van der Waals surface area contributed by atoms with Gasteiger partial charge in [0.15, 0.2) is 0 Å². The van der Waals surface area contributed by atoms with Crippen molar-refractivity contribution >= 4 is 50.7 Å². The van der Waals surface area contributed by atoms with E-state index in [0.29, 0.717) is 15.9 Å². The molecular formula is C11H12BrCl3. The molecule has 1 aromatic rings. The lowest BCUT2D eigenvalue weighted by Crippen LogP contribution is -2.12. The Morgan fingerprint density at radius 1 is 1.20 bits per heavy atom. The zero-order valence-corrected chi connectivity index (χ0v) is 12.7. The van der Waals surface area contributed by atoms with Crippen LogP contribution in [0.2, 0.25) is 10.0 Å². The molecule has 0 spiro atoms. The molecule has 0 bridgehead atoms. The minimum Gasteiger partial charge on any atom is -0.121 e. The molecule has 1 aromatic carbocycles. The number of hydrogen-bond acceptors (Lipinski definition) is 0. The second-order valence-electron chi connectivity index (χ2n) is 4.41. The van der Waals surface area contributed by atoms with E-state index in [1.165, 1.54) is 0 Å². The first kappa shape index (κ1) is 13.6. The SMILES string of the molecule is CC(C)(C)c1cc(CCl)c(Cl)c(Br)c1Cl. The molecule has 0 saturated carbocycles. The zero-order valence-electron chi connectivity index (χ0n) is 8.80. The van der Waals surface area contributed by atoms with Gasteiger partial charge in [-0.25, -0.2) is 0 Å². The van der Waals surface area contributed by atoms with Gasteiger partial charge in [0.1, 0.15) is 0 Å². The van der Waals surface area contributed by atoms with Gasteiger partial charge in [0.05, 0.1) is 14.5 Å². The summed E-state index contributed by atoms with van der Waals surface area (Å²) in [5, 5.41) is 1.27. The van der Waals surface area contributed by atoms with E-state index in [4.69, 9.17) is 34.8 Å². The van der Waals surface area contributed by atoms with E-state index in [0.717, 1.165) is 15.6 Å². The predicted molar refractivity (Wildman–Crippen MR) is 72.4 cm³/mol. The van der Waals surface area contributed by atoms with Crippen LogP contribution in [0.1, 0.15) is 31.9 Å². The van der Waals surface area contributed by atoms with Crippen molar-refractivity contribution < 1.29 is 0 Å². The molecule has 0 aliphatic rings. The van der Waals surface area contributed by atoms with Gasteiger partial charge in [-0.15, -0.1) is 11.6 Å². The largest absolute Gasteiger partial charge is 0.121 e. The molecule has 0 amide bonds. The lowest BCUT2D eigenvalue weighted by Gasteiger charge is -2.23. The number of hydrogen-bond donors (Lipinski definition) is 0. The summed E-state index contributed by atoms with van der Waals surface area (Å²) in [5.41, 5.74) is 1.93. The summed E-state index contributed by atoms with van der Waals surface area (Å²) < 4.78 is 0.730. The van der Waals surface area contributed by atoms with Gasteiger partial charge < -0.3 is 0 Å². The van der Waals surface area contributed by atoms with Crippen LogP contribution in [0.25, 0.3) is 0 Å². The van der Waals surface area contributed by atoms with Crippen molar-refractivity contribution in [1.29, 1.82) is 0 Å². The maximum absolute atomic E-state index is 6.24. The van der Waals surface area contributed by atoms with Gasteiger partial charge in [0, 0.05) is 5.88 Å². The first-order valence-corrected chi connectivity index (χ1v) is 6.60. The van der Waals surface area contributed by atoms with E-state index < -0.39 is 0 Å². The molecule has 0 nitrogen and oxygen atoms in total. The first-order valence-electron chi connectivity index (χ1n) is 4.52. The van der Waals surface area contributed by atoms with Crippen LogP contribution in [0.15, 0.2) is 10.5 Å². The third-order valence-electron chi connectivity index (χ3n) is 2.17. The summed E-state index contributed by atoms with van der Waals surface area (Å²) >= 11 is 21.6. The van der Waals surface area contributed by atoms with Gasteiger partial charge in [0.2, 0.25) is 0 Å². The highest BCUT2D eigenvalue weighted by atomic mass is 79.9. The second-order valence-corrected chi connectivity index (χ2v) is 6.23. The summed E-state index contributed by atoms with van der Waals surface area (Å²) in [5.74, 6) is 0.387. The molecule has 0 fully saturated rings. The van der Waals surface area contributed by atoms with Crippen molar-refractivity contribution in [1.82, 2.24) is 0 Å². The monoisotopic (exact) mass is 328 g/mol. The van der Waals surface area contributed by atoms with Crippen LogP contribution >= 0.6 is 50.7 Å². The van der Waals surface area contributed by atoms with E-state index in [2.05, 4.69) is 36.7 Å². The van der Waals surface area contributed by atoms with Crippen molar-refractivity contribution in [2.24, 2.45) is 0 Å². The molecule has 0 radical (unpaired) electrons. The Morgan fingerprint density at radius 3 is 2.13 bits per heavy atom. The molecule has 15 heavy (non-hydrogen) atoms. The average molecular weight is 330 g/mol. The Kier molecular flexibility index (Phi) is 4.39. The number of rotatable bonds is 1. The summed E-state index contributed by atoms with van der Waals surface area (Å²) in [6, 6.07) is 1.97. The minimum atomic E-state index is -0.0228. The van der Waals surface area contributed by atoms with Crippen molar-refractivity contribution in [2.45, 2.75) is 32.1 Å². The van der Waals surface area contributed by atoms with E-state index >= 15 is 0 Å². The fraction of sp³-hybridized carbons (Fsp3) is 0.455. The van der Waals surface area contributed by atoms with Gasteiger partial charge >= 0.3 is 0 Å². The molecule has 1 rings (SSSR count). The van der Waals surface area contributed by atoms with Crippen LogP contribution in [-0.2, 0) is 11.3 Å². The van der Waals surface area contributed by atoms with Crippen molar-refractivity contribution in [3.8, 4) is 0 Å². The number of alkyl halides is 1. The van der Waals surface area contributed by atoms with Crippen molar-refractivity contribution in [2.75, 3.05) is 0 Å².